The van der Waals surface area contributed by atoms with Gasteiger partial charge in [0.15, 0.2) is 5.76 Å². The summed E-state index contributed by atoms with van der Waals surface area (Å²) in [6.07, 6.45) is 3.12. The lowest BCUT2D eigenvalue weighted by atomic mass is 9.94. The van der Waals surface area contributed by atoms with Crippen LogP contribution in [0.2, 0.25) is 0 Å². The predicted octanol–water partition coefficient (Wildman–Crippen LogP) is 2.92. The molecule has 4 rings (SSSR count). The summed E-state index contributed by atoms with van der Waals surface area (Å²) in [6.45, 7) is 4.25. The van der Waals surface area contributed by atoms with E-state index in [4.69, 9.17) is 4.42 Å². The van der Waals surface area contributed by atoms with Gasteiger partial charge in [0.05, 0.1) is 10.8 Å². The Kier molecular flexibility index (Phi) is 6.22. The lowest BCUT2D eigenvalue weighted by Gasteiger charge is -2.37. The number of thiophene rings is 1. The minimum absolute atomic E-state index is 0.0251. The third kappa shape index (κ3) is 4.59. The largest absolute Gasteiger partial charge is 0.456 e. The molecule has 30 heavy (non-hydrogen) atoms. The molecule has 2 aromatic rings. The molecule has 0 bridgehead atoms. The Morgan fingerprint density at radius 1 is 1.07 bits per heavy atom. The Labute approximate surface area is 180 Å². The third-order valence-electron chi connectivity index (χ3n) is 5.90. The first-order chi connectivity index (χ1) is 14.5. The van der Waals surface area contributed by atoms with E-state index in [9.17, 15) is 14.4 Å². The van der Waals surface area contributed by atoms with Crippen LogP contribution in [0.25, 0.3) is 0 Å². The Bertz CT molecular complexity index is 899. The summed E-state index contributed by atoms with van der Waals surface area (Å²) < 4.78 is 5.37. The molecule has 0 aromatic carbocycles. The zero-order chi connectivity index (χ0) is 21.1. The second-order valence-corrected chi connectivity index (χ2v) is 9.00. The number of nitrogens with one attached hydrogen (secondary N) is 1. The quantitative estimate of drug-likeness (QED) is 0.810. The molecule has 2 aromatic heterocycles. The first-order valence-electron chi connectivity index (χ1n) is 10.5. The van der Waals surface area contributed by atoms with Gasteiger partial charge in [0.1, 0.15) is 5.76 Å². The number of hydrogen-bond acceptors (Lipinski definition) is 5. The number of likely N-dealkylation sites (tertiary alicyclic amines) is 2. The predicted molar refractivity (Wildman–Crippen MR) is 113 cm³/mol. The standard InChI is InChI=1S/C22H27N3O4S/c1-15-6-7-18(29-15)20(26)23-17-8-11-24(12-9-17)21(27)16-4-2-10-25(14-16)22(28)19-5-3-13-30-19/h3,5-7,13,16-17H,2,4,8-12,14H2,1H3,(H,23,26). The molecule has 0 aliphatic carbocycles. The van der Waals surface area contributed by atoms with Gasteiger partial charge in [0, 0.05) is 32.2 Å². The fourth-order valence-electron chi connectivity index (χ4n) is 4.23. The normalized spacial score (nSPS) is 20.2. The lowest BCUT2D eigenvalue weighted by molar-refractivity contribution is -0.138. The van der Waals surface area contributed by atoms with Crippen LogP contribution in [0.5, 0.6) is 0 Å². The van der Waals surface area contributed by atoms with E-state index in [1.165, 1.54) is 11.3 Å². The Balaban J connectivity index is 1.27. The van der Waals surface area contributed by atoms with Crippen LogP contribution >= 0.6 is 11.3 Å². The number of carbonyl (C=O) groups is 3. The van der Waals surface area contributed by atoms with Crippen LogP contribution in [0.15, 0.2) is 34.1 Å². The second-order valence-electron chi connectivity index (χ2n) is 8.05. The van der Waals surface area contributed by atoms with Crippen molar-refractivity contribution >= 4 is 29.1 Å². The van der Waals surface area contributed by atoms with E-state index in [-0.39, 0.29) is 29.7 Å². The third-order valence-corrected chi connectivity index (χ3v) is 6.75. The summed E-state index contributed by atoms with van der Waals surface area (Å²) in [5.41, 5.74) is 0. The monoisotopic (exact) mass is 429 g/mol. The highest BCUT2D eigenvalue weighted by atomic mass is 32.1. The van der Waals surface area contributed by atoms with Crippen LogP contribution in [-0.4, -0.2) is 59.7 Å². The molecule has 0 radical (unpaired) electrons. The van der Waals surface area contributed by atoms with Gasteiger partial charge in [-0.3, -0.25) is 14.4 Å². The maximum Gasteiger partial charge on any atom is 0.287 e. The Morgan fingerprint density at radius 3 is 2.53 bits per heavy atom. The van der Waals surface area contributed by atoms with Crippen molar-refractivity contribution in [3.8, 4) is 0 Å². The zero-order valence-corrected chi connectivity index (χ0v) is 18.0. The number of furan rings is 1. The molecule has 1 atom stereocenters. The molecule has 2 fully saturated rings. The minimum Gasteiger partial charge on any atom is -0.456 e. The Hall–Kier alpha value is -2.61. The van der Waals surface area contributed by atoms with Gasteiger partial charge in [-0.1, -0.05) is 6.07 Å². The number of amides is 3. The molecule has 0 saturated carbocycles. The van der Waals surface area contributed by atoms with Crippen molar-refractivity contribution < 1.29 is 18.8 Å². The zero-order valence-electron chi connectivity index (χ0n) is 17.1. The van der Waals surface area contributed by atoms with Crippen LogP contribution in [0, 0.1) is 12.8 Å². The molecule has 7 nitrogen and oxygen atoms in total. The molecule has 1 N–H and O–H groups in total. The molecule has 0 spiro atoms. The lowest BCUT2D eigenvalue weighted by Crippen LogP contribution is -2.51. The SMILES string of the molecule is Cc1ccc(C(=O)NC2CCN(C(=O)C3CCCN(C(=O)c4cccs4)C3)CC2)o1. The van der Waals surface area contributed by atoms with Crippen molar-refractivity contribution in [3.63, 3.8) is 0 Å². The molecule has 2 aliphatic heterocycles. The van der Waals surface area contributed by atoms with Crippen molar-refractivity contribution in [2.24, 2.45) is 5.92 Å². The summed E-state index contributed by atoms with van der Waals surface area (Å²) in [4.78, 5) is 42.4. The molecule has 4 heterocycles. The number of carbonyl (C=O) groups excluding carboxylic acids is 3. The van der Waals surface area contributed by atoms with Gasteiger partial charge in [0.2, 0.25) is 5.91 Å². The molecule has 1 unspecified atom stereocenters. The van der Waals surface area contributed by atoms with Crippen molar-refractivity contribution in [3.05, 3.63) is 46.0 Å². The fourth-order valence-corrected chi connectivity index (χ4v) is 4.93. The first-order valence-corrected chi connectivity index (χ1v) is 11.4. The average Bonchev–Trinajstić information content (AvgIpc) is 3.45. The molecule has 2 aliphatic rings. The van der Waals surface area contributed by atoms with Gasteiger partial charge in [-0.05, 0) is 56.2 Å². The highest BCUT2D eigenvalue weighted by Gasteiger charge is 2.33. The number of nitrogens with zero attached hydrogens (tertiary/aromatic N) is 2. The average molecular weight is 430 g/mol. The van der Waals surface area contributed by atoms with Crippen LogP contribution in [-0.2, 0) is 4.79 Å². The van der Waals surface area contributed by atoms with Gasteiger partial charge in [-0.2, -0.15) is 0 Å². The highest BCUT2D eigenvalue weighted by Crippen LogP contribution is 2.24. The molecule has 3 amide bonds. The number of hydrogen-bond donors (Lipinski definition) is 1. The summed E-state index contributed by atoms with van der Waals surface area (Å²) >= 11 is 1.44. The van der Waals surface area contributed by atoms with Crippen molar-refractivity contribution in [2.45, 2.75) is 38.6 Å². The molecule has 8 heteroatoms. The van der Waals surface area contributed by atoms with E-state index in [1.807, 2.05) is 27.3 Å². The maximum absolute atomic E-state index is 13.0. The molecule has 160 valence electrons. The van der Waals surface area contributed by atoms with Crippen LogP contribution in [0.3, 0.4) is 0 Å². The van der Waals surface area contributed by atoms with E-state index >= 15 is 0 Å². The van der Waals surface area contributed by atoms with Crippen molar-refractivity contribution in [2.75, 3.05) is 26.2 Å². The second kappa shape index (κ2) is 9.04. The summed E-state index contributed by atoms with van der Waals surface area (Å²) in [6, 6.07) is 7.19. The van der Waals surface area contributed by atoms with Crippen LogP contribution in [0.4, 0.5) is 0 Å². The number of rotatable bonds is 4. The van der Waals surface area contributed by atoms with Crippen molar-refractivity contribution in [1.29, 1.82) is 0 Å². The summed E-state index contributed by atoms with van der Waals surface area (Å²) in [5.74, 6) is 0.841. The highest BCUT2D eigenvalue weighted by molar-refractivity contribution is 7.12. The maximum atomic E-state index is 13.0. The topological polar surface area (TPSA) is 82.9 Å². The van der Waals surface area contributed by atoms with Gasteiger partial charge in [-0.25, -0.2) is 0 Å². The van der Waals surface area contributed by atoms with E-state index in [0.717, 1.165) is 30.6 Å². The number of piperidine rings is 2. The van der Waals surface area contributed by atoms with Crippen LogP contribution < -0.4 is 5.32 Å². The van der Waals surface area contributed by atoms with E-state index in [1.54, 1.807) is 19.1 Å². The van der Waals surface area contributed by atoms with Gasteiger partial charge in [-0.15, -0.1) is 11.3 Å². The molecular formula is C22H27N3O4S. The van der Waals surface area contributed by atoms with Gasteiger partial charge < -0.3 is 19.5 Å². The van der Waals surface area contributed by atoms with Crippen molar-refractivity contribution in [1.82, 2.24) is 15.1 Å². The van der Waals surface area contributed by atoms with Gasteiger partial charge >= 0.3 is 0 Å². The van der Waals surface area contributed by atoms with E-state index < -0.39 is 0 Å². The number of aryl methyl sites for hydroxylation is 1. The fraction of sp³-hybridized carbons (Fsp3) is 0.500. The summed E-state index contributed by atoms with van der Waals surface area (Å²) in [7, 11) is 0. The molecular weight excluding hydrogens is 402 g/mol. The van der Waals surface area contributed by atoms with Gasteiger partial charge in [0.25, 0.3) is 11.8 Å². The van der Waals surface area contributed by atoms with E-state index in [2.05, 4.69) is 5.32 Å². The summed E-state index contributed by atoms with van der Waals surface area (Å²) in [5, 5.41) is 4.90. The first kappa shape index (κ1) is 20.7. The Morgan fingerprint density at radius 2 is 1.87 bits per heavy atom. The van der Waals surface area contributed by atoms with Crippen LogP contribution in [0.1, 0.15) is 51.7 Å². The molecule has 2 saturated heterocycles. The van der Waals surface area contributed by atoms with E-state index in [0.29, 0.717) is 37.7 Å². The minimum atomic E-state index is -0.206. The smallest absolute Gasteiger partial charge is 0.287 e.